The molecule has 0 radical (unpaired) electrons. The Kier molecular flexibility index (Phi) is 5.41. The number of nitrogens with zero attached hydrogens (tertiary/aromatic N) is 1. The summed E-state index contributed by atoms with van der Waals surface area (Å²) in [7, 11) is 0. The first-order valence-corrected chi connectivity index (χ1v) is 10.8. The fourth-order valence-electron chi connectivity index (χ4n) is 3.81. The minimum Gasteiger partial charge on any atom is -0.507 e. The molecule has 0 aliphatic rings. The van der Waals surface area contributed by atoms with E-state index in [1.54, 1.807) is 49.4 Å². The summed E-state index contributed by atoms with van der Waals surface area (Å²) in [6.07, 6.45) is 0. The Morgan fingerprint density at radius 1 is 1.03 bits per heavy atom. The Bertz CT molecular complexity index is 1620. The molecule has 5 rings (SSSR count). The molecule has 0 aliphatic carbocycles. The van der Waals surface area contributed by atoms with Gasteiger partial charge in [0.1, 0.15) is 22.8 Å². The van der Waals surface area contributed by atoms with Crippen LogP contribution in [-0.2, 0) is 0 Å². The van der Waals surface area contributed by atoms with Crippen molar-refractivity contribution in [1.29, 1.82) is 0 Å². The van der Waals surface area contributed by atoms with Crippen LogP contribution in [0.25, 0.3) is 22.2 Å². The van der Waals surface area contributed by atoms with Crippen LogP contribution in [0.15, 0.2) is 71.1 Å². The molecule has 0 spiro atoms. The number of aromatic nitrogens is 2. The summed E-state index contributed by atoms with van der Waals surface area (Å²) >= 11 is 0. The normalized spacial score (nSPS) is 11.1. The molecule has 0 saturated carbocycles. The third-order valence-electron chi connectivity index (χ3n) is 5.72. The van der Waals surface area contributed by atoms with E-state index in [2.05, 4.69) is 15.5 Å². The van der Waals surface area contributed by atoms with Gasteiger partial charge in [0, 0.05) is 16.5 Å². The van der Waals surface area contributed by atoms with Gasteiger partial charge in [-0.3, -0.25) is 14.7 Å². The molecule has 0 saturated heterocycles. The third-order valence-corrected chi connectivity index (χ3v) is 5.72. The van der Waals surface area contributed by atoms with Crippen molar-refractivity contribution in [1.82, 2.24) is 10.2 Å². The molecule has 3 N–H and O–H groups in total. The van der Waals surface area contributed by atoms with Gasteiger partial charge in [0.25, 0.3) is 5.91 Å². The van der Waals surface area contributed by atoms with Crippen molar-refractivity contribution in [3.05, 3.63) is 101 Å². The maximum Gasteiger partial charge on any atom is 0.273 e. The number of aromatic hydroxyl groups is 1. The summed E-state index contributed by atoms with van der Waals surface area (Å²) < 4.78 is 19.9. The van der Waals surface area contributed by atoms with Crippen molar-refractivity contribution in [3.8, 4) is 17.0 Å². The Morgan fingerprint density at radius 3 is 2.63 bits per heavy atom. The predicted molar refractivity (Wildman–Crippen MR) is 129 cm³/mol. The highest BCUT2D eigenvalue weighted by Crippen LogP contribution is 2.34. The van der Waals surface area contributed by atoms with Gasteiger partial charge < -0.3 is 14.8 Å². The number of amides is 1. The number of hydrogen-bond donors (Lipinski definition) is 3. The molecule has 0 aliphatic heterocycles. The zero-order valence-electron chi connectivity index (χ0n) is 18.8. The van der Waals surface area contributed by atoms with Crippen LogP contribution in [0.5, 0.6) is 5.75 Å². The van der Waals surface area contributed by atoms with E-state index in [4.69, 9.17) is 4.42 Å². The number of carbonyl (C=O) groups excluding carboxylic acids is 2. The molecule has 0 atom stereocenters. The van der Waals surface area contributed by atoms with E-state index in [-0.39, 0.29) is 28.5 Å². The maximum atomic E-state index is 14.1. The van der Waals surface area contributed by atoms with E-state index in [1.807, 2.05) is 6.92 Å². The quantitative estimate of drug-likeness (QED) is 0.283. The summed E-state index contributed by atoms with van der Waals surface area (Å²) in [6, 6.07) is 17.6. The second kappa shape index (κ2) is 8.57. The number of aromatic amines is 1. The van der Waals surface area contributed by atoms with Crippen molar-refractivity contribution in [2.24, 2.45) is 0 Å². The monoisotopic (exact) mass is 469 g/mol. The van der Waals surface area contributed by atoms with Gasteiger partial charge in [0.15, 0.2) is 5.76 Å². The lowest BCUT2D eigenvalue weighted by Gasteiger charge is -2.06. The lowest BCUT2D eigenvalue weighted by Crippen LogP contribution is -2.15. The Labute approximate surface area is 199 Å². The van der Waals surface area contributed by atoms with Crippen LogP contribution in [0.3, 0.4) is 0 Å². The second-order valence-electron chi connectivity index (χ2n) is 8.24. The van der Waals surface area contributed by atoms with Gasteiger partial charge in [-0.15, -0.1) is 0 Å². The number of ketones is 1. The molecule has 3 aromatic carbocycles. The van der Waals surface area contributed by atoms with Crippen LogP contribution in [-0.4, -0.2) is 27.0 Å². The van der Waals surface area contributed by atoms with Gasteiger partial charge in [-0.2, -0.15) is 5.10 Å². The predicted octanol–water partition coefficient (Wildman–Crippen LogP) is 5.77. The number of aryl methyl sites for hydroxylation is 2. The van der Waals surface area contributed by atoms with E-state index in [0.29, 0.717) is 27.8 Å². The first-order chi connectivity index (χ1) is 16.8. The first-order valence-electron chi connectivity index (χ1n) is 10.8. The summed E-state index contributed by atoms with van der Waals surface area (Å²) in [5.41, 5.74) is 2.99. The Balaban J connectivity index is 1.51. The van der Waals surface area contributed by atoms with Crippen LogP contribution in [0.4, 0.5) is 10.1 Å². The van der Waals surface area contributed by atoms with Gasteiger partial charge in [-0.1, -0.05) is 35.9 Å². The van der Waals surface area contributed by atoms with Gasteiger partial charge >= 0.3 is 0 Å². The molecule has 0 unspecified atom stereocenters. The average Bonchev–Trinajstić information content (AvgIpc) is 3.48. The number of nitrogens with one attached hydrogen (secondary N) is 2. The van der Waals surface area contributed by atoms with Gasteiger partial charge in [-0.05, 0) is 55.8 Å². The second-order valence-corrected chi connectivity index (χ2v) is 8.24. The van der Waals surface area contributed by atoms with Crippen LogP contribution >= 0.6 is 0 Å². The number of para-hydroxylation sites is 1. The number of furan rings is 1. The van der Waals surface area contributed by atoms with Crippen molar-refractivity contribution in [2.45, 2.75) is 13.8 Å². The number of phenols is 1. The number of benzene rings is 3. The summed E-state index contributed by atoms with van der Waals surface area (Å²) in [6.45, 7) is 3.48. The summed E-state index contributed by atoms with van der Waals surface area (Å²) in [4.78, 5) is 26.3. The van der Waals surface area contributed by atoms with Crippen molar-refractivity contribution < 1.29 is 23.5 Å². The molecule has 1 amide bonds. The van der Waals surface area contributed by atoms with Crippen LogP contribution in [0, 0.1) is 19.7 Å². The first kappa shape index (κ1) is 22.1. The van der Waals surface area contributed by atoms with E-state index in [1.165, 1.54) is 18.2 Å². The molecule has 2 aromatic heterocycles. The molecule has 5 aromatic rings. The standard InChI is InChI=1S/C27H20FN3O4/c1-14-7-10-22(32)18(11-14)20-13-21(31-30-20)27(34)29-24-17-5-3-4-6-23(17)35-26(24)25(33)16-9-8-15(2)19(28)12-16/h3-13,32H,1-2H3,(H,29,34)(H,30,31). The molecule has 2 heterocycles. The lowest BCUT2D eigenvalue weighted by atomic mass is 10.0. The fraction of sp³-hybridized carbons (Fsp3) is 0.0741. The number of halogens is 1. The van der Waals surface area contributed by atoms with Gasteiger partial charge in [0.05, 0.1) is 11.4 Å². The largest absolute Gasteiger partial charge is 0.507 e. The molecule has 8 heteroatoms. The van der Waals surface area contributed by atoms with Crippen molar-refractivity contribution >= 4 is 28.3 Å². The number of rotatable bonds is 5. The highest BCUT2D eigenvalue weighted by atomic mass is 19.1. The van der Waals surface area contributed by atoms with Crippen LogP contribution in [0.2, 0.25) is 0 Å². The molecule has 0 fully saturated rings. The third kappa shape index (κ3) is 4.06. The summed E-state index contributed by atoms with van der Waals surface area (Å²) in [5.74, 6) is -1.72. The maximum absolute atomic E-state index is 14.1. The molecule has 35 heavy (non-hydrogen) atoms. The number of H-pyrrole nitrogens is 1. The number of phenolic OH excluding ortho intramolecular Hbond substituents is 1. The van der Waals surface area contributed by atoms with E-state index in [0.717, 1.165) is 11.6 Å². The van der Waals surface area contributed by atoms with Crippen LogP contribution < -0.4 is 5.32 Å². The zero-order valence-corrected chi connectivity index (χ0v) is 18.8. The number of fused-ring (bicyclic) bond motifs is 1. The Morgan fingerprint density at radius 2 is 1.83 bits per heavy atom. The molecule has 174 valence electrons. The topological polar surface area (TPSA) is 108 Å². The van der Waals surface area contributed by atoms with Gasteiger partial charge in [-0.25, -0.2) is 4.39 Å². The SMILES string of the molecule is Cc1ccc(O)c(-c2cc(C(=O)Nc3c(C(=O)c4ccc(C)c(F)c4)oc4ccccc34)[nH]n2)c1. The highest BCUT2D eigenvalue weighted by molar-refractivity contribution is 6.18. The van der Waals surface area contributed by atoms with E-state index in [9.17, 15) is 19.1 Å². The minimum atomic E-state index is -0.564. The van der Waals surface area contributed by atoms with Gasteiger partial charge in [0.2, 0.25) is 5.78 Å². The van der Waals surface area contributed by atoms with Crippen molar-refractivity contribution in [2.75, 3.05) is 5.32 Å². The van der Waals surface area contributed by atoms with E-state index >= 15 is 0 Å². The molecule has 0 bridgehead atoms. The number of carbonyl (C=O) groups is 2. The number of anilines is 1. The molecular formula is C27H20FN3O4. The Hall–Kier alpha value is -4.72. The average molecular weight is 469 g/mol. The minimum absolute atomic E-state index is 0.0353. The smallest absolute Gasteiger partial charge is 0.273 e. The zero-order chi connectivity index (χ0) is 24.7. The summed E-state index contributed by atoms with van der Waals surface area (Å²) in [5, 5.41) is 20.2. The van der Waals surface area contributed by atoms with Crippen molar-refractivity contribution in [3.63, 3.8) is 0 Å². The highest BCUT2D eigenvalue weighted by Gasteiger charge is 2.25. The lowest BCUT2D eigenvalue weighted by molar-refractivity contribution is 0.101. The molecular weight excluding hydrogens is 449 g/mol. The number of hydrogen-bond acceptors (Lipinski definition) is 5. The van der Waals surface area contributed by atoms with E-state index < -0.39 is 17.5 Å². The molecule has 7 nitrogen and oxygen atoms in total. The van der Waals surface area contributed by atoms with Crippen LogP contribution in [0.1, 0.15) is 37.7 Å². The fourth-order valence-corrected chi connectivity index (χ4v) is 3.81.